The van der Waals surface area contributed by atoms with Gasteiger partial charge in [0.15, 0.2) is 0 Å². The normalized spacial score (nSPS) is 14.2. The zero-order valence-corrected chi connectivity index (χ0v) is 9.20. The molecule has 2 N–H and O–H groups in total. The van der Waals surface area contributed by atoms with Crippen molar-refractivity contribution in [2.24, 2.45) is 5.92 Å². The molecular formula is C12H13FN2O2. The molecule has 1 aromatic rings. The molecular weight excluding hydrogens is 223 g/mol. The molecule has 0 bridgehead atoms. The largest absolute Gasteiger partial charge is 0.347 e. The summed E-state index contributed by atoms with van der Waals surface area (Å²) in [7, 11) is 0. The van der Waals surface area contributed by atoms with E-state index in [1.807, 2.05) is 0 Å². The number of halogens is 1. The molecule has 0 aromatic heterocycles. The number of hydrogen-bond acceptors (Lipinski definition) is 2. The first-order chi connectivity index (χ1) is 8.15. The smallest absolute Gasteiger partial charge is 0.243 e. The third kappa shape index (κ3) is 3.55. The number of anilines is 1. The SMILES string of the molecule is O=C(CNC(=O)C1CC1)Nc1ccc(F)cc1. The molecule has 4 nitrogen and oxygen atoms in total. The lowest BCUT2D eigenvalue weighted by Gasteiger charge is -2.06. The van der Waals surface area contributed by atoms with Gasteiger partial charge in [0, 0.05) is 11.6 Å². The molecule has 1 aliphatic carbocycles. The average molecular weight is 236 g/mol. The van der Waals surface area contributed by atoms with Crippen LogP contribution in [0.25, 0.3) is 0 Å². The predicted octanol–water partition coefficient (Wildman–Crippen LogP) is 1.29. The van der Waals surface area contributed by atoms with E-state index in [1.54, 1.807) is 0 Å². The van der Waals surface area contributed by atoms with Crippen LogP contribution in [0.2, 0.25) is 0 Å². The Balaban J connectivity index is 1.76. The Morgan fingerprint density at radius 3 is 2.47 bits per heavy atom. The maximum absolute atomic E-state index is 12.6. The standard InChI is InChI=1S/C12H13FN2O2/c13-9-3-5-10(6-4-9)15-11(16)7-14-12(17)8-1-2-8/h3-6,8H,1-2,7H2,(H,14,17)(H,15,16). The Kier molecular flexibility index (Phi) is 3.37. The van der Waals surface area contributed by atoms with E-state index in [-0.39, 0.29) is 30.1 Å². The Bertz CT molecular complexity index is 427. The molecule has 0 unspecified atom stereocenters. The second kappa shape index (κ2) is 4.95. The average Bonchev–Trinajstić information content (AvgIpc) is 3.13. The molecule has 90 valence electrons. The number of carbonyl (C=O) groups is 2. The maximum Gasteiger partial charge on any atom is 0.243 e. The highest BCUT2D eigenvalue weighted by Gasteiger charge is 2.29. The van der Waals surface area contributed by atoms with Crippen LogP contribution in [0, 0.1) is 11.7 Å². The van der Waals surface area contributed by atoms with Crippen LogP contribution in [0.4, 0.5) is 10.1 Å². The predicted molar refractivity (Wildman–Crippen MR) is 60.8 cm³/mol. The molecule has 0 radical (unpaired) electrons. The van der Waals surface area contributed by atoms with E-state index >= 15 is 0 Å². The summed E-state index contributed by atoms with van der Waals surface area (Å²) in [6.07, 6.45) is 1.82. The number of carbonyl (C=O) groups excluding carboxylic acids is 2. The third-order valence-electron chi connectivity index (χ3n) is 2.50. The zero-order chi connectivity index (χ0) is 12.3. The Hall–Kier alpha value is -1.91. The van der Waals surface area contributed by atoms with Gasteiger partial charge in [-0.1, -0.05) is 0 Å². The van der Waals surface area contributed by atoms with E-state index in [1.165, 1.54) is 24.3 Å². The molecule has 1 fully saturated rings. The number of rotatable bonds is 4. The second-order valence-corrected chi connectivity index (χ2v) is 4.05. The Morgan fingerprint density at radius 1 is 1.24 bits per heavy atom. The van der Waals surface area contributed by atoms with Gasteiger partial charge in [-0.15, -0.1) is 0 Å². The van der Waals surface area contributed by atoms with Crippen molar-refractivity contribution in [3.05, 3.63) is 30.1 Å². The first kappa shape index (κ1) is 11.6. The van der Waals surface area contributed by atoms with E-state index in [2.05, 4.69) is 10.6 Å². The lowest BCUT2D eigenvalue weighted by atomic mass is 10.3. The summed E-state index contributed by atoms with van der Waals surface area (Å²) in [5.41, 5.74) is 0.511. The van der Waals surface area contributed by atoms with Gasteiger partial charge in [0.05, 0.1) is 6.54 Å². The highest BCUT2D eigenvalue weighted by Crippen LogP contribution is 2.28. The fourth-order valence-corrected chi connectivity index (χ4v) is 1.40. The van der Waals surface area contributed by atoms with Crippen molar-refractivity contribution in [2.75, 3.05) is 11.9 Å². The lowest BCUT2D eigenvalue weighted by molar-refractivity contribution is -0.125. The van der Waals surface area contributed by atoms with Gasteiger partial charge in [-0.25, -0.2) is 4.39 Å². The van der Waals surface area contributed by atoms with Crippen LogP contribution in [-0.2, 0) is 9.59 Å². The third-order valence-corrected chi connectivity index (χ3v) is 2.50. The van der Waals surface area contributed by atoms with Gasteiger partial charge >= 0.3 is 0 Å². The van der Waals surface area contributed by atoms with Crippen molar-refractivity contribution < 1.29 is 14.0 Å². The monoisotopic (exact) mass is 236 g/mol. The van der Waals surface area contributed by atoms with E-state index in [0.717, 1.165) is 12.8 Å². The van der Waals surface area contributed by atoms with E-state index < -0.39 is 0 Å². The minimum absolute atomic E-state index is 0.0489. The topological polar surface area (TPSA) is 58.2 Å². The van der Waals surface area contributed by atoms with Crippen molar-refractivity contribution in [3.8, 4) is 0 Å². The van der Waals surface area contributed by atoms with Gasteiger partial charge in [-0.2, -0.15) is 0 Å². The van der Waals surface area contributed by atoms with Crippen LogP contribution >= 0.6 is 0 Å². The van der Waals surface area contributed by atoms with Gasteiger partial charge in [0.25, 0.3) is 0 Å². The first-order valence-corrected chi connectivity index (χ1v) is 5.48. The molecule has 1 aromatic carbocycles. The molecule has 1 aliphatic rings. The summed E-state index contributed by atoms with van der Waals surface area (Å²) < 4.78 is 12.6. The number of hydrogen-bond donors (Lipinski definition) is 2. The molecule has 2 amide bonds. The van der Waals surface area contributed by atoms with E-state index in [4.69, 9.17) is 0 Å². The van der Waals surface area contributed by atoms with Gasteiger partial charge in [0.2, 0.25) is 11.8 Å². The van der Waals surface area contributed by atoms with Crippen LogP contribution < -0.4 is 10.6 Å². The number of benzene rings is 1. The number of nitrogens with one attached hydrogen (secondary N) is 2. The lowest BCUT2D eigenvalue weighted by Crippen LogP contribution is -2.33. The van der Waals surface area contributed by atoms with Crippen LogP contribution in [-0.4, -0.2) is 18.4 Å². The minimum atomic E-state index is -0.356. The highest BCUT2D eigenvalue weighted by atomic mass is 19.1. The second-order valence-electron chi connectivity index (χ2n) is 4.05. The van der Waals surface area contributed by atoms with Crippen molar-refractivity contribution in [3.63, 3.8) is 0 Å². The highest BCUT2D eigenvalue weighted by molar-refractivity contribution is 5.95. The Labute approximate surface area is 98.2 Å². The van der Waals surface area contributed by atoms with Crippen molar-refractivity contribution in [1.29, 1.82) is 0 Å². The fourth-order valence-electron chi connectivity index (χ4n) is 1.40. The molecule has 0 atom stereocenters. The van der Waals surface area contributed by atoms with Crippen LogP contribution in [0.1, 0.15) is 12.8 Å². The van der Waals surface area contributed by atoms with E-state index in [0.29, 0.717) is 5.69 Å². The maximum atomic E-state index is 12.6. The van der Waals surface area contributed by atoms with Gasteiger partial charge in [-0.05, 0) is 37.1 Å². The summed E-state index contributed by atoms with van der Waals surface area (Å²) in [5, 5.41) is 5.11. The molecule has 0 spiro atoms. The molecule has 0 aliphatic heterocycles. The fraction of sp³-hybridized carbons (Fsp3) is 0.333. The number of amides is 2. The van der Waals surface area contributed by atoms with Crippen LogP contribution in [0.5, 0.6) is 0 Å². The van der Waals surface area contributed by atoms with Gasteiger partial charge < -0.3 is 10.6 Å². The van der Waals surface area contributed by atoms with Crippen molar-refractivity contribution in [2.45, 2.75) is 12.8 Å². The quantitative estimate of drug-likeness (QED) is 0.827. The first-order valence-electron chi connectivity index (χ1n) is 5.48. The van der Waals surface area contributed by atoms with Crippen molar-refractivity contribution in [1.82, 2.24) is 5.32 Å². The molecule has 1 saturated carbocycles. The molecule has 2 rings (SSSR count). The molecule has 0 saturated heterocycles. The summed E-state index contributed by atoms with van der Waals surface area (Å²) in [6, 6.07) is 5.46. The van der Waals surface area contributed by atoms with Crippen LogP contribution in [0.3, 0.4) is 0 Å². The zero-order valence-electron chi connectivity index (χ0n) is 9.20. The van der Waals surface area contributed by atoms with Crippen molar-refractivity contribution >= 4 is 17.5 Å². The van der Waals surface area contributed by atoms with E-state index in [9.17, 15) is 14.0 Å². The van der Waals surface area contributed by atoms with Gasteiger partial charge in [-0.3, -0.25) is 9.59 Å². The summed E-state index contributed by atoms with van der Waals surface area (Å²) in [5.74, 6) is -0.650. The summed E-state index contributed by atoms with van der Waals surface area (Å²) in [4.78, 5) is 22.7. The van der Waals surface area contributed by atoms with Gasteiger partial charge in [0.1, 0.15) is 5.82 Å². The molecule has 5 heteroatoms. The minimum Gasteiger partial charge on any atom is -0.347 e. The summed E-state index contributed by atoms with van der Waals surface area (Å²) >= 11 is 0. The Morgan fingerprint density at radius 2 is 1.88 bits per heavy atom. The molecule has 17 heavy (non-hydrogen) atoms. The van der Waals surface area contributed by atoms with Crippen LogP contribution in [0.15, 0.2) is 24.3 Å². The molecule has 0 heterocycles. The summed E-state index contributed by atoms with van der Waals surface area (Å²) in [6.45, 7) is -0.0489.